The molecule has 9 nitrogen and oxygen atoms in total. The number of ether oxygens (including phenoxy) is 1. The van der Waals surface area contributed by atoms with E-state index in [1.54, 1.807) is 6.07 Å². The Morgan fingerprint density at radius 3 is 2.76 bits per heavy atom. The summed E-state index contributed by atoms with van der Waals surface area (Å²) >= 11 is 1.41. The number of carbonyl (C=O) groups is 1. The van der Waals surface area contributed by atoms with Gasteiger partial charge >= 0.3 is 0 Å². The Bertz CT molecular complexity index is 1380. The molecule has 1 saturated heterocycles. The van der Waals surface area contributed by atoms with Crippen molar-refractivity contribution in [3.8, 4) is 0 Å². The number of para-hydroxylation sites is 1. The van der Waals surface area contributed by atoms with Crippen LogP contribution in [0.3, 0.4) is 0 Å². The van der Waals surface area contributed by atoms with Crippen molar-refractivity contribution in [2.75, 3.05) is 57.4 Å². The van der Waals surface area contributed by atoms with Crippen LogP contribution in [0, 0.1) is 0 Å². The molecule has 1 aromatic carbocycles. The lowest BCUT2D eigenvalue weighted by Crippen LogP contribution is -2.37. The fourth-order valence-corrected chi connectivity index (χ4v) is 5.29. The molecule has 3 aromatic heterocycles. The number of amides is 1. The first-order chi connectivity index (χ1) is 16.2. The molecule has 0 spiro atoms. The van der Waals surface area contributed by atoms with Crippen molar-refractivity contribution in [2.45, 2.75) is 0 Å². The monoisotopic (exact) mass is 467 g/mol. The molecule has 0 aliphatic carbocycles. The van der Waals surface area contributed by atoms with E-state index in [1.807, 2.05) is 34.7 Å². The molecule has 172 valence electrons. The first-order valence-electron chi connectivity index (χ1n) is 11.0. The minimum absolute atomic E-state index is 0.0296. The Labute approximate surface area is 193 Å². The molecule has 0 radical (unpaired) electrons. The maximum Gasteiger partial charge on any atom is 0.258 e. The molecule has 4 heterocycles. The number of aliphatic hydroxyl groups excluding tert-OH is 1. The Hall–Kier alpha value is -3.05. The summed E-state index contributed by atoms with van der Waals surface area (Å²) in [6.07, 6.45) is 0. The summed E-state index contributed by atoms with van der Waals surface area (Å²) < 4.78 is 8.36. The summed E-state index contributed by atoms with van der Waals surface area (Å²) in [5.41, 5.74) is 1.27. The average molecular weight is 468 g/mol. The number of rotatable bonds is 7. The van der Waals surface area contributed by atoms with Gasteiger partial charge in [0.05, 0.1) is 35.4 Å². The molecule has 0 saturated carbocycles. The maximum atomic E-state index is 13.5. The van der Waals surface area contributed by atoms with E-state index in [-0.39, 0.29) is 17.6 Å². The number of benzene rings is 1. The molecule has 5 rings (SSSR count). The van der Waals surface area contributed by atoms with Gasteiger partial charge < -0.3 is 25.4 Å². The number of aliphatic hydroxyl groups is 1. The highest BCUT2D eigenvalue weighted by Gasteiger charge is 2.23. The summed E-state index contributed by atoms with van der Waals surface area (Å²) in [4.78, 5) is 34.2. The number of nitrogens with zero attached hydrogens (tertiary/aromatic N) is 3. The fourth-order valence-electron chi connectivity index (χ4n) is 4.10. The van der Waals surface area contributed by atoms with E-state index >= 15 is 0 Å². The van der Waals surface area contributed by atoms with Crippen LogP contribution in [-0.2, 0) is 4.74 Å². The molecule has 0 atom stereocenters. The predicted molar refractivity (Wildman–Crippen MR) is 130 cm³/mol. The van der Waals surface area contributed by atoms with Gasteiger partial charge in [0.1, 0.15) is 16.2 Å². The molecule has 0 unspecified atom stereocenters. The minimum atomic E-state index is -0.408. The van der Waals surface area contributed by atoms with Gasteiger partial charge in [-0.05, 0) is 24.3 Å². The third kappa shape index (κ3) is 4.06. The summed E-state index contributed by atoms with van der Waals surface area (Å²) in [7, 11) is 0. The molecule has 1 amide bonds. The van der Waals surface area contributed by atoms with Gasteiger partial charge in [-0.1, -0.05) is 12.1 Å². The maximum absolute atomic E-state index is 13.5. The van der Waals surface area contributed by atoms with E-state index in [0.717, 1.165) is 29.1 Å². The number of anilines is 1. The highest BCUT2D eigenvalue weighted by molar-refractivity contribution is 7.24. The lowest BCUT2D eigenvalue weighted by Gasteiger charge is -2.27. The van der Waals surface area contributed by atoms with Crippen LogP contribution in [0.2, 0.25) is 0 Å². The number of nitrogens with one attached hydrogen (secondary N) is 2. The van der Waals surface area contributed by atoms with Gasteiger partial charge in [0.25, 0.3) is 5.91 Å². The smallest absolute Gasteiger partial charge is 0.258 e. The molecule has 10 heteroatoms. The first kappa shape index (κ1) is 21.8. The van der Waals surface area contributed by atoms with E-state index in [0.29, 0.717) is 48.7 Å². The fraction of sp³-hybridized carbons (Fsp3) is 0.348. The van der Waals surface area contributed by atoms with Crippen LogP contribution in [-0.4, -0.2) is 72.9 Å². The molecular weight excluding hydrogens is 442 g/mol. The molecule has 0 bridgehead atoms. The third-order valence-corrected chi connectivity index (χ3v) is 6.86. The number of carbonyl (C=O) groups excluding carboxylic acids is 1. The number of hydrogen-bond acceptors (Lipinski definition) is 8. The van der Waals surface area contributed by atoms with Crippen molar-refractivity contribution < 1.29 is 14.6 Å². The average Bonchev–Trinajstić information content (AvgIpc) is 3.23. The number of aromatic nitrogens is 2. The Morgan fingerprint density at radius 1 is 1.12 bits per heavy atom. The van der Waals surface area contributed by atoms with Crippen LogP contribution in [0.1, 0.15) is 10.4 Å². The van der Waals surface area contributed by atoms with Gasteiger partial charge in [-0.2, -0.15) is 0 Å². The van der Waals surface area contributed by atoms with Crippen molar-refractivity contribution >= 4 is 49.1 Å². The van der Waals surface area contributed by atoms with Gasteiger partial charge in [0, 0.05) is 32.7 Å². The zero-order valence-electron chi connectivity index (χ0n) is 18.0. The predicted octanol–water partition coefficient (Wildman–Crippen LogP) is 1.21. The highest BCUT2D eigenvalue weighted by atomic mass is 32.1. The van der Waals surface area contributed by atoms with Crippen molar-refractivity contribution in [1.29, 1.82) is 0 Å². The summed E-state index contributed by atoms with van der Waals surface area (Å²) in [5, 5.41) is 15.1. The lowest BCUT2D eigenvalue weighted by atomic mass is 10.1. The summed E-state index contributed by atoms with van der Waals surface area (Å²) in [6.45, 7) is 4.10. The van der Waals surface area contributed by atoms with Gasteiger partial charge in [-0.3, -0.25) is 14.0 Å². The number of morpholine rings is 1. The molecule has 33 heavy (non-hydrogen) atoms. The van der Waals surface area contributed by atoms with Gasteiger partial charge in [0.15, 0.2) is 5.65 Å². The van der Waals surface area contributed by atoms with E-state index in [1.165, 1.54) is 11.3 Å². The molecule has 4 aromatic rings. The van der Waals surface area contributed by atoms with Crippen molar-refractivity contribution in [3.63, 3.8) is 0 Å². The van der Waals surface area contributed by atoms with E-state index < -0.39 is 5.91 Å². The second-order valence-corrected chi connectivity index (χ2v) is 8.81. The van der Waals surface area contributed by atoms with E-state index in [4.69, 9.17) is 14.8 Å². The number of pyridine rings is 2. The van der Waals surface area contributed by atoms with Crippen LogP contribution < -0.4 is 21.0 Å². The van der Waals surface area contributed by atoms with Crippen LogP contribution >= 0.6 is 11.3 Å². The van der Waals surface area contributed by atoms with Crippen molar-refractivity contribution in [1.82, 2.24) is 20.0 Å². The van der Waals surface area contributed by atoms with Crippen molar-refractivity contribution in [3.05, 3.63) is 52.2 Å². The van der Waals surface area contributed by atoms with Crippen LogP contribution in [0.25, 0.3) is 26.1 Å². The number of fused-ring (bicyclic) bond motifs is 5. The number of thiazole rings is 1. The lowest BCUT2D eigenvalue weighted by molar-refractivity contribution is 0.0954. The zero-order chi connectivity index (χ0) is 22.8. The normalized spacial score (nSPS) is 14.4. The molecular formula is C23H25N5O4S. The summed E-state index contributed by atoms with van der Waals surface area (Å²) in [6, 6.07) is 11.5. The molecule has 3 N–H and O–H groups in total. The Morgan fingerprint density at radius 2 is 1.94 bits per heavy atom. The van der Waals surface area contributed by atoms with Gasteiger partial charge in [-0.15, -0.1) is 11.3 Å². The van der Waals surface area contributed by atoms with E-state index in [2.05, 4.69) is 15.5 Å². The standard InChI is InChI=1S/C23H25N5O4S/c29-12-9-24-7-8-25-22(31)19-20(30)15-5-6-18(27-10-13-32-14-11-27)26-21(15)28-16-3-1-2-4-17(16)33-23(19)28/h1-6,24,29H,7-14H2,(H,25,31). The summed E-state index contributed by atoms with van der Waals surface area (Å²) in [5.74, 6) is 0.385. The molecule has 1 fully saturated rings. The molecule has 1 aliphatic rings. The Balaban J connectivity index is 1.65. The van der Waals surface area contributed by atoms with Crippen LogP contribution in [0.15, 0.2) is 41.2 Å². The highest BCUT2D eigenvalue weighted by Crippen LogP contribution is 2.31. The third-order valence-electron chi connectivity index (χ3n) is 5.71. The van der Waals surface area contributed by atoms with E-state index in [9.17, 15) is 9.59 Å². The van der Waals surface area contributed by atoms with Crippen LogP contribution in [0.4, 0.5) is 5.82 Å². The Kier molecular flexibility index (Phi) is 6.23. The molecule has 1 aliphatic heterocycles. The quantitative estimate of drug-likeness (QED) is 0.351. The van der Waals surface area contributed by atoms with Crippen LogP contribution in [0.5, 0.6) is 0 Å². The second kappa shape index (κ2) is 9.44. The zero-order valence-corrected chi connectivity index (χ0v) is 18.9. The second-order valence-electron chi connectivity index (χ2n) is 7.78. The van der Waals surface area contributed by atoms with Crippen molar-refractivity contribution in [2.24, 2.45) is 0 Å². The van der Waals surface area contributed by atoms with Gasteiger partial charge in [0.2, 0.25) is 5.43 Å². The number of hydrogen-bond donors (Lipinski definition) is 3. The minimum Gasteiger partial charge on any atom is -0.395 e. The first-order valence-corrected chi connectivity index (χ1v) is 11.8. The van der Waals surface area contributed by atoms with Gasteiger partial charge in [-0.25, -0.2) is 4.98 Å². The SMILES string of the molecule is O=C(NCCNCCO)c1c(=O)c2ccc(N3CCOCC3)nc2n2c1sc1ccccc12. The topological polar surface area (TPSA) is 108 Å². The largest absolute Gasteiger partial charge is 0.395 e.